The van der Waals surface area contributed by atoms with Crippen LogP contribution in [0.15, 0.2) is 42.7 Å². The smallest absolute Gasteiger partial charge is 0.137 e. The maximum atomic E-state index is 9.11. The second-order valence-electron chi connectivity index (χ2n) is 5.98. The average molecular weight is 318 g/mol. The van der Waals surface area contributed by atoms with Crippen molar-refractivity contribution in [3.63, 3.8) is 0 Å². The molecule has 4 rings (SSSR count). The molecule has 0 spiro atoms. The van der Waals surface area contributed by atoms with Crippen molar-refractivity contribution in [2.45, 2.75) is 18.9 Å². The molecule has 0 atom stereocenters. The number of imidazole rings is 1. The van der Waals surface area contributed by atoms with Crippen LogP contribution in [-0.4, -0.2) is 33.5 Å². The van der Waals surface area contributed by atoms with E-state index in [-0.39, 0.29) is 0 Å². The fraction of sp³-hybridized carbons (Fsp3) is 0.278. The van der Waals surface area contributed by atoms with E-state index in [1.54, 1.807) is 18.5 Å². The number of aromatic nitrogens is 3. The molecule has 6 heteroatoms. The number of pyridine rings is 2. The number of hydrogen-bond acceptors (Lipinski definition) is 5. The molecule has 1 aliphatic heterocycles. The number of hydrogen-bond donors (Lipinski definition) is 2. The van der Waals surface area contributed by atoms with Crippen molar-refractivity contribution in [1.29, 1.82) is 5.26 Å². The van der Waals surface area contributed by atoms with Gasteiger partial charge in [0.1, 0.15) is 17.5 Å². The Morgan fingerprint density at radius 2 is 2.08 bits per heavy atom. The minimum absolute atomic E-state index is 0.460. The van der Waals surface area contributed by atoms with E-state index in [1.165, 1.54) is 0 Å². The fourth-order valence-electron chi connectivity index (χ4n) is 3.07. The molecule has 3 aromatic rings. The maximum Gasteiger partial charge on any atom is 0.137 e. The highest BCUT2D eigenvalue weighted by molar-refractivity contribution is 5.62. The van der Waals surface area contributed by atoms with Gasteiger partial charge in [0.25, 0.3) is 0 Å². The Labute approximate surface area is 140 Å². The van der Waals surface area contributed by atoms with Crippen LogP contribution in [-0.2, 0) is 0 Å². The molecule has 3 aromatic heterocycles. The lowest BCUT2D eigenvalue weighted by molar-refractivity contribution is 0.478. The predicted molar refractivity (Wildman–Crippen MR) is 92.7 cm³/mol. The van der Waals surface area contributed by atoms with E-state index in [9.17, 15) is 0 Å². The van der Waals surface area contributed by atoms with Gasteiger partial charge in [0.15, 0.2) is 0 Å². The van der Waals surface area contributed by atoms with Crippen LogP contribution in [0.1, 0.15) is 18.4 Å². The molecular weight excluding hydrogens is 300 g/mol. The third-order valence-corrected chi connectivity index (χ3v) is 4.34. The third-order valence-electron chi connectivity index (χ3n) is 4.34. The zero-order valence-electron chi connectivity index (χ0n) is 13.2. The topological polar surface area (TPSA) is 78.0 Å². The maximum absolute atomic E-state index is 9.11. The lowest BCUT2D eigenvalue weighted by Gasteiger charge is -2.24. The van der Waals surface area contributed by atoms with Crippen LogP contribution in [0.4, 0.5) is 5.82 Å². The van der Waals surface area contributed by atoms with Crippen molar-refractivity contribution in [2.24, 2.45) is 0 Å². The molecule has 2 N–H and O–H groups in total. The summed E-state index contributed by atoms with van der Waals surface area (Å²) < 4.78 is 1.91. The Balaban J connectivity index is 1.67. The van der Waals surface area contributed by atoms with E-state index in [1.807, 2.05) is 28.7 Å². The summed E-state index contributed by atoms with van der Waals surface area (Å²) in [6.45, 7) is 2.09. The van der Waals surface area contributed by atoms with Crippen molar-refractivity contribution >= 4 is 11.5 Å². The first-order valence-corrected chi connectivity index (χ1v) is 8.15. The molecule has 0 aliphatic carbocycles. The summed E-state index contributed by atoms with van der Waals surface area (Å²) in [5.41, 5.74) is 3.14. The Hall–Kier alpha value is -2.91. The highest BCUT2D eigenvalue weighted by Crippen LogP contribution is 2.22. The van der Waals surface area contributed by atoms with Crippen molar-refractivity contribution in [2.75, 3.05) is 18.4 Å². The fourth-order valence-corrected chi connectivity index (χ4v) is 3.07. The van der Waals surface area contributed by atoms with Gasteiger partial charge < -0.3 is 10.6 Å². The van der Waals surface area contributed by atoms with E-state index in [2.05, 4.69) is 21.7 Å². The zero-order valence-corrected chi connectivity index (χ0v) is 13.2. The van der Waals surface area contributed by atoms with E-state index in [0.29, 0.717) is 11.6 Å². The second kappa shape index (κ2) is 6.30. The first-order valence-electron chi connectivity index (χ1n) is 8.15. The third kappa shape index (κ3) is 2.82. The molecule has 6 nitrogen and oxygen atoms in total. The predicted octanol–water partition coefficient (Wildman–Crippen LogP) is 2.43. The minimum atomic E-state index is 0.460. The van der Waals surface area contributed by atoms with Gasteiger partial charge >= 0.3 is 0 Å². The van der Waals surface area contributed by atoms with Gasteiger partial charge in [-0.15, -0.1) is 0 Å². The summed E-state index contributed by atoms with van der Waals surface area (Å²) >= 11 is 0. The Morgan fingerprint density at radius 3 is 2.92 bits per heavy atom. The molecular formula is C18H18N6. The highest BCUT2D eigenvalue weighted by Gasteiger charge is 2.14. The number of rotatable bonds is 3. The molecule has 24 heavy (non-hydrogen) atoms. The minimum Gasteiger partial charge on any atom is -0.367 e. The summed E-state index contributed by atoms with van der Waals surface area (Å²) in [5.74, 6) is 0.880. The van der Waals surface area contributed by atoms with Crippen molar-refractivity contribution in [1.82, 2.24) is 19.7 Å². The molecule has 1 saturated heterocycles. The molecule has 1 aliphatic rings. The lowest BCUT2D eigenvalue weighted by Crippen LogP contribution is -2.35. The molecule has 0 unspecified atom stereocenters. The largest absolute Gasteiger partial charge is 0.367 e. The average Bonchev–Trinajstić information content (AvgIpc) is 3.06. The zero-order chi connectivity index (χ0) is 16.4. The highest BCUT2D eigenvalue weighted by atomic mass is 15.1. The first kappa shape index (κ1) is 14.7. The summed E-state index contributed by atoms with van der Waals surface area (Å²) in [6.07, 6.45) is 5.81. The number of fused-ring (bicyclic) bond motifs is 1. The van der Waals surface area contributed by atoms with Gasteiger partial charge in [-0.05, 0) is 50.2 Å². The van der Waals surface area contributed by atoms with Gasteiger partial charge in [-0.1, -0.05) is 6.07 Å². The van der Waals surface area contributed by atoms with Gasteiger partial charge in [0, 0.05) is 12.2 Å². The molecule has 0 amide bonds. The lowest BCUT2D eigenvalue weighted by atomic mass is 10.1. The molecule has 0 radical (unpaired) electrons. The van der Waals surface area contributed by atoms with Crippen LogP contribution in [0.2, 0.25) is 0 Å². The number of nitrogens with zero attached hydrogens (tertiary/aromatic N) is 4. The normalized spacial score (nSPS) is 15.3. The van der Waals surface area contributed by atoms with Crippen LogP contribution >= 0.6 is 0 Å². The quantitative estimate of drug-likeness (QED) is 0.775. The molecule has 1 fully saturated rings. The van der Waals surface area contributed by atoms with Gasteiger partial charge in [0.2, 0.25) is 0 Å². The Kier molecular flexibility index (Phi) is 3.85. The summed E-state index contributed by atoms with van der Waals surface area (Å²) in [6, 6.07) is 12.2. The summed E-state index contributed by atoms with van der Waals surface area (Å²) in [5, 5.41) is 16.0. The van der Waals surface area contributed by atoms with E-state index < -0.39 is 0 Å². The van der Waals surface area contributed by atoms with Gasteiger partial charge in [-0.3, -0.25) is 4.40 Å². The molecule has 120 valence electrons. The monoisotopic (exact) mass is 318 g/mol. The van der Waals surface area contributed by atoms with E-state index >= 15 is 0 Å². The van der Waals surface area contributed by atoms with Crippen LogP contribution in [0.3, 0.4) is 0 Å². The van der Waals surface area contributed by atoms with Crippen LogP contribution in [0, 0.1) is 11.3 Å². The van der Waals surface area contributed by atoms with Gasteiger partial charge in [-0.25, -0.2) is 9.97 Å². The van der Waals surface area contributed by atoms with Crippen LogP contribution < -0.4 is 10.6 Å². The van der Waals surface area contributed by atoms with E-state index in [0.717, 1.165) is 48.8 Å². The number of nitrogens with one attached hydrogen (secondary N) is 2. The van der Waals surface area contributed by atoms with Crippen LogP contribution in [0.5, 0.6) is 0 Å². The van der Waals surface area contributed by atoms with Gasteiger partial charge in [0.05, 0.1) is 23.1 Å². The summed E-state index contributed by atoms with van der Waals surface area (Å²) in [4.78, 5) is 9.14. The standard InChI is InChI=1S/C18H18N6/c19-10-13-4-5-18-21-11-16(24(18)12-13)15-2-1-3-17(23-15)22-14-6-8-20-9-7-14/h1-5,11-12,14,20H,6-9H2,(H,22,23). The first-order chi connectivity index (χ1) is 11.8. The number of nitriles is 1. The van der Waals surface area contributed by atoms with Crippen molar-refractivity contribution < 1.29 is 0 Å². The molecule has 0 aromatic carbocycles. The van der Waals surface area contributed by atoms with E-state index in [4.69, 9.17) is 10.2 Å². The molecule has 0 saturated carbocycles. The van der Waals surface area contributed by atoms with Crippen molar-refractivity contribution in [3.05, 3.63) is 48.3 Å². The number of anilines is 1. The molecule has 4 heterocycles. The van der Waals surface area contributed by atoms with Gasteiger partial charge in [-0.2, -0.15) is 5.26 Å². The number of piperidine rings is 1. The summed E-state index contributed by atoms with van der Waals surface area (Å²) in [7, 11) is 0. The molecule has 0 bridgehead atoms. The second-order valence-corrected chi connectivity index (χ2v) is 5.98. The SMILES string of the molecule is N#Cc1ccc2ncc(-c3cccc(NC4CCNCC4)n3)n2c1. The Morgan fingerprint density at radius 1 is 1.21 bits per heavy atom. The van der Waals surface area contributed by atoms with Crippen LogP contribution in [0.25, 0.3) is 17.0 Å². The Bertz CT molecular complexity index is 901. The van der Waals surface area contributed by atoms with Crippen molar-refractivity contribution in [3.8, 4) is 17.5 Å².